The number of ether oxygens (including phenoxy) is 5. The molecule has 0 saturated carbocycles. The van der Waals surface area contributed by atoms with Crippen molar-refractivity contribution in [2.75, 3.05) is 91.6 Å². The van der Waals surface area contributed by atoms with Gasteiger partial charge in [0.25, 0.3) is 0 Å². The summed E-state index contributed by atoms with van der Waals surface area (Å²) in [6.07, 6.45) is 4.79. The molecule has 0 bridgehead atoms. The van der Waals surface area contributed by atoms with Crippen LogP contribution < -0.4 is 42.4 Å². The molecule has 0 spiro atoms. The SMILES string of the molecule is CC(C)(C)OC(=O)N(CCCCN=[N+]=[N-])CCC(=O)NCCCCN(CCC(=O)NCCCCN(CCC(=O)NCCCCN(CCC(=O)NCCCCCNC(=O)[C@H](CC(N)=O)NC(=O)Cc1c[nH]c2cccc(OCc3ccccc3)c12)C(=O)OC(C)(C)C)C(=O)OC(C)(C)C)C(=O)OC(C)(C)C. The number of hydrogen-bond donors (Lipinski definition) is 8. The summed E-state index contributed by atoms with van der Waals surface area (Å²) >= 11 is 0. The summed E-state index contributed by atoms with van der Waals surface area (Å²) in [4.78, 5) is 155. The van der Waals surface area contributed by atoms with E-state index < -0.39 is 77.0 Å². The molecule has 0 unspecified atom stereocenters. The van der Waals surface area contributed by atoms with E-state index in [9.17, 15) is 52.7 Å². The molecule has 0 aliphatic carbocycles. The van der Waals surface area contributed by atoms with E-state index >= 15 is 0 Å². The zero-order valence-electron chi connectivity index (χ0n) is 64.1. The third-order valence-electron chi connectivity index (χ3n) is 15.4. The Hall–Kier alpha value is -9.54. The number of aromatic nitrogens is 1. The van der Waals surface area contributed by atoms with E-state index in [1.807, 2.05) is 48.5 Å². The first-order valence-electron chi connectivity index (χ1n) is 36.6. The van der Waals surface area contributed by atoms with Crippen molar-refractivity contribution in [3.8, 4) is 5.75 Å². The number of rotatable bonds is 47. The number of carbonyl (C=O) groups excluding carboxylic acids is 11. The van der Waals surface area contributed by atoms with Gasteiger partial charge in [0, 0.05) is 139 Å². The molecular weight excluding hydrogens is 1350 g/mol. The first-order chi connectivity index (χ1) is 49.5. The summed E-state index contributed by atoms with van der Waals surface area (Å²) in [5, 5.41) is 21.2. The fourth-order valence-corrected chi connectivity index (χ4v) is 10.3. The standard InChI is InChI=1S/C74H119N15O16/c1-71(2,3)102-67(97)86(46-32-60(91)77-36-17-14-18-40-81-66(96)57(51-59(75)90)84-64(95)50-55-52-82-56-30-27-31-58(65(55)56)101-53-54-28-15-13-16-29-54)42-23-19-37-78-61(92)33-47-87(68(98)103-72(4,5)6)43-24-20-38-79-62(93)34-48-88(69(99)104-73(7,8)9)44-25-21-39-80-63(94)35-49-89(45-26-22-41-83-85-76)70(100)105-74(10,11)12/h13,15-16,27-31,52,57,82H,14,17-26,32-51,53H2,1-12H3,(H2,75,90)(H,77,91)(H,78,92)(H,79,93)(H,80,94)(H,81,96)(H,84,95)/t57-/m0/s1. The Labute approximate surface area is 618 Å². The third kappa shape index (κ3) is 41.5. The molecule has 0 aliphatic heterocycles. The summed E-state index contributed by atoms with van der Waals surface area (Å²) in [5.74, 6) is -2.34. The van der Waals surface area contributed by atoms with Crippen molar-refractivity contribution < 1.29 is 76.4 Å². The van der Waals surface area contributed by atoms with Crippen molar-refractivity contribution in [2.24, 2.45) is 10.8 Å². The largest absolute Gasteiger partial charge is 0.488 e. The highest BCUT2D eigenvalue weighted by Crippen LogP contribution is 2.30. The summed E-state index contributed by atoms with van der Waals surface area (Å²) < 4.78 is 28.6. The monoisotopic (exact) mass is 1470 g/mol. The van der Waals surface area contributed by atoms with Gasteiger partial charge in [0.2, 0.25) is 41.4 Å². The number of fused-ring (bicyclic) bond motifs is 1. The highest BCUT2D eigenvalue weighted by atomic mass is 16.6. The van der Waals surface area contributed by atoms with Crippen LogP contribution in [0.5, 0.6) is 5.75 Å². The number of unbranched alkanes of at least 4 members (excludes halogenated alkanes) is 6. The van der Waals surface area contributed by atoms with E-state index in [1.54, 1.807) is 89.3 Å². The average molecular weight is 1470 g/mol. The zero-order valence-corrected chi connectivity index (χ0v) is 64.1. The molecule has 31 nitrogen and oxygen atoms in total. The molecule has 3 aromatic rings. The van der Waals surface area contributed by atoms with Gasteiger partial charge >= 0.3 is 24.4 Å². The first kappa shape index (κ1) is 89.7. The maximum atomic E-state index is 13.3. The second kappa shape index (κ2) is 47.0. The second-order valence-corrected chi connectivity index (χ2v) is 29.6. The van der Waals surface area contributed by atoms with Crippen LogP contribution in [0.2, 0.25) is 0 Å². The minimum absolute atomic E-state index is 0.00542. The van der Waals surface area contributed by atoms with Crippen LogP contribution in [0.4, 0.5) is 19.2 Å². The summed E-state index contributed by atoms with van der Waals surface area (Å²) in [7, 11) is 0. The van der Waals surface area contributed by atoms with Crippen molar-refractivity contribution in [1.82, 2.24) is 56.5 Å². The van der Waals surface area contributed by atoms with Crippen molar-refractivity contribution in [2.45, 2.75) is 227 Å². The summed E-state index contributed by atoms with van der Waals surface area (Å²) in [6.45, 7) is 24.5. The molecule has 0 fully saturated rings. The van der Waals surface area contributed by atoms with Crippen molar-refractivity contribution in [3.05, 3.63) is 76.3 Å². The number of nitrogens with one attached hydrogen (secondary N) is 7. The Balaban J connectivity index is 1.38. The number of amides is 11. The Bertz CT molecular complexity index is 3280. The van der Waals surface area contributed by atoms with Crippen LogP contribution in [0.1, 0.15) is 197 Å². The van der Waals surface area contributed by atoms with Gasteiger partial charge in [-0.25, -0.2) is 19.2 Å². The van der Waals surface area contributed by atoms with E-state index in [2.05, 4.69) is 46.9 Å². The molecule has 105 heavy (non-hydrogen) atoms. The molecular formula is C74H119N15O16. The molecule has 11 amide bonds. The lowest BCUT2D eigenvalue weighted by molar-refractivity contribution is -0.131. The number of azide groups is 1. The van der Waals surface area contributed by atoms with Gasteiger partial charge in [-0.3, -0.25) is 33.6 Å². The van der Waals surface area contributed by atoms with E-state index in [4.69, 9.17) is 34.9 Å². The number of carbonyl (C=O) groups is 11. The third-order valence-corrected chi connectivity index (χ3v) is 15.4. The van der Waals surface area contributed by atoms with Crippen LogP contribution in [0.25, 0.3) is 21.3 Å². The first-order valence-corrected chi connectivity index (χ1v) is 36.6. The van der Waals surface area contributed by atoms with E-state index in [0.717, 1.165) is 16.5 Å². The minimum atomic E-state index is -1.19. The van der Waals surface area contributed by atoms with Crippen LogP contribution in [0, 0.1) is 0 Å². The van der Waals surface area contributed by atoms with Crippen LogP contribution in [-0.2, 0) is 65.5 Å². The molecule has 1 atom stereocenters. The molecule has 586 valence electrons. The van der Waals surface area contributed by atoms with Crippen LogP contribution in [-0.4, -0.2) is 210 Å². The van der Waals surface area contributed by atoms with Gasteiger partial charge < -0.3 is 85.9 Å². The predicted octanol–water partition coefficient (Wildman–Crippen LogP) is 9.34. The van der Waals surface area contributed by atoms with E-state index in [1.165, 1.54) is 19.6 Å². The van der Waals surface area contributed by atoms with Gasteiger partial charge in [0.15, 0.2) is 0 Å². The molecule has 0 radical (unpaired) electrons. The summed E-state index contributed by atoms with van der Waals surface area (Å²) in [6, 6.07) is 14.0. The molecule has 2 aromatic carbocycles. The Morgan fingerprint density at radius 3 is 1.24 bits per heavy atom. The molecule has 0 aliphatic rings. The maximum Gasteiger partial charge on any atom is 0.410 e. The predicted molar refractivity (Wildman–Crippen MR) is 398 cm³/mol. The smallest absolute Gasteiger partial charge is 0.410 e. The lowest BCUT2D eigenvalue weighted by Crippen LogP contribution is -2.49. The van der Waals surface area contributed by atoms with Crippen LogP contribution in [0.3, 0.4) is 0 Å². The van der Waals surface area contributed by atoms with E-state index in [0.29, 0.717) is 115 Å². The normalized spacial score (nSPS) is 11.7. The Morgan fingerprint density at radius 1 is 0.476 bits per heavy atom. The van der Waals surface area contributed by atoms with Gasteiger partial charge in [-0.2, -0.15) is 0 Å². The quantitative estimate of drug-likeness (QED) is 0.00858. The van der Waals surface area contributed by atoms with Gasteiger partial charge in [-0.05, 0) is 183 Å². The fraction of sp³-hybridized carbons (Fsp3) is 0.662. The van der Waals surface area contributed by atoms with Gasteiger partial charge in [-0.15, -0.1) is 0 Å². The van der Waals surface area contributed by atoms with Gasteiger partial charge in [-0.1, -0.05) is 41.5 Å². The molecule has 31 heteroatoms. The fourth-order valence-electron chi connectivity index (χ4n) is 10.3. The van der Waals surface area contributed by atoms with Crippen molar-refractivity contribution in [1.29, 1.82) is 0 Å². The lowest BCUT2D eigenvalue weighted by atomic mass is 10.1. The number of H-pyrrole nitrogens is 1. The number of aromatic amines is 1. The molecule has 1 heterocycles. The molecule has 9 N–H and O–H groups in total. The topological polar surface area (TPSA) is 410 Å². The maximum absolute atomic E-state index is 13.3. The Morgan fingerprint density at radius 2 is 0.857 bits per heavy atom. The Kier molecular flexibility index (Phi) is 40.2. The highest BCUT2D eigenvalue weighted by molar-refractivity contribution is 5.96. The zero-order chi connectivity index (χ0) is 78.0. The number of nitrogens with zero attached hydrogens (tertiary/aromatic N) is 7. The molecule has 3 rings (SSSR count). The van der Waals surface area contributed by atoms with Gasteiger partial charge in [0.1, 0.15) is 40.8 Å². The van der Waals surface area contributed by atoms with E-state index in [-0.39, 0.29) is 121 Å². The van der Waals surface area contributed by atoms with Crippen LogP contribution >= 0.6 is 0 Å². The van der Waals surface area contributed by atoms with Crippen molar-refractivity contribution in [3.63, 3.8) is 0 Å². The number of benzene rings is 2. The molecule has 1 aromatic heterocycles. The number of hydrogen-bond acceptors (Lipinski definition) is 17. The highest BCUT2D eigenvalue weighted by Gasteiger charge is 2.29. The second-order valence-electron chi connectivity index (χ2n) is 29.6. The summed E-state index contributed by atoms with van der Waals surface area (Å²) in [5.41, 5.74) is 13.3. The van der Waals surface area contributed by atoms with Crippen molar-refractivity contribution >= 4 is 76.6 Å². The number of primary amides is 1. The van der Waals surface area contributed by atoms with Crippen LogP contribution in [0.15, 0.2) is 59.8 Å². The van der Waals surface area contributed by atoms with Gasteiger partial charge in [0.05, 0.1) is 12.8 Å². The minimum Gasteiger partial charge on any atom is -0.488 e. The molecule has 0 saturated heterocycles. The average Bonchev–Trinajstić information content (AvgIpc) is 1.67. The lowest BCUT2D eigenvalue weighted by Gasteiger charge is -2.28. The number of nitrogens with two attached hydrogens (primary N) is 1.